The zero-order valence-electron chi connectivity index (χ0n) is 14.5. The largest absolute Gasteiger partial charge is 0.381 e. The first kappa shape index (κ1) is 19.2. The van der Waals surface area contributed by atoms with Gasteiger partial charge in [-0.05, 0) is 36.3 Å². The minimum Gasteiger partial charge on any atom is -0.381 e. The molecule has 0 spiro atoms. The van der Waals surface area contributed by atoms with E-state index in [1.165, 1.54) is 24.0 Å². The summed E-state index contributed by atoms with van der Waals surface area (Å²) in [5.41, 5.74) is 2.56. The Kier molecular flexibility index (Phi) is 7.53. The molecule has 1 aromatic rings. The number of hydrogen-bond acceptors (Lipinski definition) is 3. The van der Waals surface area contributed by atoms with Gasteiger partial charge in [0, 0.05) is 26.2 Å². The molecular weight excluding hydrogens is 324 g/mol. The molecule has 5 heteroatoms. The predicted molar refractivity (Wildman–Crippen MR) is 98.6 cm³/mol. The average Bonchev–Trinajstić information content (AvgIpc) is 3.43. The number of carbonyl (C=O) groups is 1. The molecule has 1 aromatic carbocycles. The molecule has 1 saturated carbocycles. The van der Waals surface area contributed by atoms with E-state index in [-0.39, 0.29) is 24.4 Å². The molecule has 1 atom stereocenters. The maximum absolute atomic E-state index is 12.6. The first-order valence-electron chi connectivity index (χ1n) is 8.94. The van der Waals surface area contributed by atoms with Crippen LogP contribution < -0.4 is 5.32 Å². The number of hydrogen-bond donors (Lipinski definition) is 1. The number of nitrogens with zero attached hydrogens (tertiary/aromatic N) is 1. The lowest BCUT2D eigenvalue weighted by molar-refractivity contribution is -0.135. The van der Waals surface area contributed by atoms with Crippen LogP contribution in [0.1, 0.15) is 43.4 Å². The third-order valence-corrected chi connectivity index (χ3v) is 4.85. The number of benzene rings is 1. The Balaban J connectivity index is 0.00000208. The Labute approximate surface area is 151 Å². The number of aryl methyl sites for hydroxylation is 1. The van der Waals surface area contributed by atoms with E-state index in [0.29, 0.717) is 13.0 Å². The quantitative estimate of drug-likeness (QED) is 0.767. The van der Waals surface area contributed by atoms with Crippen molar-refractivity contribution in [1.82, 2.24) is 10.2 Å². The summed E-state index contributed by atoms with van der Waals surface area (Å²) in [5.74, 6) is 0.973. The Bertz CT molecular complexity index is 517. The van der Waals surface area contributed by atoms with Gasteiger partial charge >= 0.3 is 0 Å². The van der Waals surface area contributed by atoms with Gasteiger partial charge < -0.3 is 15.0 Å². The van der Waals surface area contributed by atoms with Gasteiger partial charge in [0.2, 0.25) is 5.91 Å². The van der Waals surface area contributed by atoms with Crippen molar-refractivity contribution < 1.29 is 9.53 Å². The van der Waals surface area contributed by atoms with Gasteiger partial charge in [-0.25, -0.2) is 0 Å². The minimum absolute atomic E-state index is 0. The van der Waals surface area contributed by atoms with Crippen LogP contribution in [0.5, 0.6) is 0 Å². The molecule has 134 valence electrons. The highest BCUT2D eigenvalue weighted by atomic mass is 35.5. The number of nitrogens with one attached hydrogen (secondary N) is 1. The molecule has 1 unspecified atom stereocenters. The molecule has 1 aliphatic heterocycles. The van der Waals surface area contributed by atoms with E-state index in [9.17, 15) is 4.79 Å². The lowest BCUT2D eigenvalue weighted by Gasteiger charge is -2.36. The molecule has 24 heavy (non-hydrogen) atoms. The van der Waals surface area contributed by atoms with Crippen molar-refractivity contribution in [2.75, 3.05) is 32.8 Å². The van der Waals surface area contributed by atoms with E-state index in [1.807, 2.05) is 4.90 Å². The molecule has 2 aliphatic rings. The van der Waals surface area contributed by atoms with Crippen molar-refractivity contribution in [3.63, 3.8) is 0 Å². The summed E-state index contributed by atoms with van der Waals surface area (Å²) in [6, 6.07) is 8.82. The number of rotatable bonds is 7. The Hall–Kier alpha value is -1.10. The topological polar surface area (TPSA) is 41.6 Å². The summed E-state index contributed by atoms with van der Waals surface area (Å²) < 4.78 is 5.63. The number of halogens is 1. The molecule has 0 aromatic heterocycles. The molecule has 4 nitrogen and oxygen atoms in total. The van der Waals surface area contributed by atoms with E-state index in [1.54, 1.807) is 0 Å². The predicted octanol–water partition coefficient (Wildman–Crippen LogP) is 2.96. The number of ether oxygens (including phenoxy) is 1. The highest BCUT2D eigenvalue weighted by molar-refractivity contribution is 5.85. The molecule has 1 amide bonds. The zero-order valence-corrected chi connectivity index (χ0v) is 15.3. The fraction of sp³-hybridized carbons (Fsp3) is 0.632. The monoisotopic (exact) mass is 352 g/mol. The summed E-state index contributed by atoms with van der Waals surface area (Å²) in [5, 5.41) is 3.41. The SMILES string of the molecule is CCc1ccc(C2CNCCN2C(=O)CCOCC2CC2)cc1.Cl. The summed E-state index contributed by atoms with van der Waals surface area (Å²) in [6.45, 7) is 6.03. The Morgan fingerprint density at radius 3 is 2.71 bits per heavy atom. The second-order valence-corrected chi connectivity index (χ2v) is 6.67. The van der Waals surface area contributed by atoms with Crippen LogP contribution in [0.4, 0.5) is 0 Å². The van der Waals surface area contributed by atoms with Gasteiger partial charge in [0.25, 0.3) is 0 Å². The first-order chi connectivity index (χ1) is 11.3. The van der Waals surface area contributed by atoms with E-state index in [2.05, 4.69) is 36.5 Å². The highest BCUT2D eigenvalue weighted by Crippen LogP contribution is 2.29. The van der Waals surface area contributed by atoms with Crippen molar-refractivity contribution in [3.05, 3.63) is 35.4 Å². The number of piperazine rings is 1. The van der Waals surface area contributed by atoms with Gasteiger partial charge in [-0.3, -0.25) is 4.79 Å². The molecule has 3 rings (SSSR count). The molecule has 0 bridgehead atoms. The number of carbonyl (C=O) groups excluding carboxylic acids is 1. The summed E-state index contributed by atoms with van der Waals surface area (Å²) in [6.07, 6.45) is 4.13. The van der Waals surface area contributed by atoms with Crippen molar-refractivity contribution in [1.29, 1.82) is 0 Å². The van der Waals surface area contributed by atoms with Crippen LogP contribution in [-0.2, 0) is 16.0 Å². The van der Waals surface area contributed by atoms with Crippen LogP contribution in [-0.4, -0.2) is 43.7 Å². The maximum atomic E-state index is 12.6. The molecular formula is C19H29ClN2O2. The molecule has 1 heterocycles. The van der Waals surface area contributed by atoms with Crippen LogP contribution in [0, 0.1) is 5.92 Å². The third kappa shape index (κ3) is 5.20. The second kappa shape index (κ2) is 9.40. The van der Waals surface area contributed by atoms with Gasteiger partial charge in [-0.2, -0.15) is 0 Å². The third-order valence-electron chi connectivity index (χ3n) is 4.85. The van der Waals surface area contributed by atoms with Gasteiger partial charge in [0.05, 0.1) is 19.1 Å². The molecule has 2 fully saturated rings. The molecule has 1 N–H and O–H groups in total. The minimum atomic E-state index is 0. The first-order valence-corrected chi connectivity index (χ1v) is 8.94. The van der Waals surface area contributed by atoms with Crippen molar-refractivity contribution in [2.45, 2.75) is 38.6 Å². The van der Waals surface area contributed by atoms with Crippen LogP contribution in [0.3, 0.4) is 0 Å². The van der Waals surface area contributed by atoms with Gasteiger partial charge in [0.1, 0.15) is 0 Å². The van der Waals surface area contributed by atoms with Crippen LogP contribution in [0.2, 0.25) is 0 Å². The second-order valence-electron chi connectivity index (χ2n) is 6.67. The van der Waals surface area contributed by atoms with Crippen molar-refractivity contribution in [3.8, 4) is 0 Å². The highest BCUT2D eigenvalue weighted by Gasteiger charge is 2.27. The van der Waals surface area contributed by atoms with Gasteiger partial charge in [0.15, 0.2) is 0 Å². The van der Waals surface area contributed by atoms with E-state index < -0.39 is 0 Å². The molecule has 0 radical (unpaired) electrons. The van der Waals surface area contributed by atoms with E-state index in [4.69, 9.17) is 4.74 Å². The molecule has 1 aliphatic carbocycles. The lowest BCUT2D eigenvalue weighted by Crippen LogP contribution is -2.48. The lowest BCUT2D eigenvalue weighted by atomic mass is 10.0. The smallest absolute Gasteiger partial charge is 0.225 e. The fourth-order valence-electron chi connectivity index (χ4n) is 3.11. The Morgan fingerprint density at radius 1 is 1.29 bits per heavy atom. The van der Waals surface area contributed by atoms with Crippen LogP contribution in [0.25, 0.3) is 0 Å². The summed E-state index contributed by atoms with van der Waals surface area (Å²) in [7, 11) is 0. The summed E-state index contributed by atoms with van der Waals surface area (Å²) >= 11 is 0. The Morgan fingerprint density at radius 2 is 2.04 bits per heavy atom. The maximum Gasteiger partial charge on any atom is 0.225 e. The van der Waals surface area contributed by atoms with Gasteiger partial charge in [-0.1, -0.05) is 31.2 Å². The van der Waals surface area contributed by atoms with Crippen LogP contribution in [0.15, 0.2) is 24.3 Å². The van der Waals surface area contributed by atoms with Crippen molar-refractivity contribution >= 4 is 18.3 Å². The average molecular weight is 353 g/mol. The van der Waals surface area contributed by atoms with Crippen LogP contribution >= 0.6 is 12.4 Å². The zero-order chi connectivity index (χ0) is 16.1. The normalized spacial score (nSPS) is 20.5. The fourth-order valence-corrected chi connectivity index (χ4v) is 3.11. The van der Waals surface area contributed by atoms with E-state index >= 15 is 0 Å². The standard InChI is InChI=1S/C19H28N2O2.ClH/c1-2-15-5-7-17(8-6-15)18-13-20-10-11-21(18)19(22)9-12-23-14-16-3-4-16;/h5-8,16,18,20H,2-4,9-14H2,1H3;1H. The van der Waals surface area contributed by atoms with Gasteiger partial charge in [-0.15, -0.1) is 12.4 Å². The number of amides is 1. The summed E-state index contributed by atoms with van der Waals surface area (Å²) in [4.78, 5) is 14.6. The molecule has 1 saturated heterocycles. The van der Waals surface area contributed by atoms with E-state index in [0.717, 1.165) is 38.6 Å². The van der Waals surface area contributed by atoms with Crippen molar-refractivity contribution in [2.24, 2.45) is 5.92 Å².